The van der Waals surface area contributed by atoms with Gasteiger partial charge in [0, 0.05) is 19.1 Å². The molecule has 0 radical (unpaired) electrons. The van der Waals surface area contributed by atoms with E-state index in [0.717, 1.165) is 25.4 Å². The molecule has 4 nitrogen and oxygen atoms in total. The van der Waals surface area contributed by atoms with Crippen LogP contribution in [0.3, 0.4) is 0 Å². The van der Waals surface area contributed by atoms with Crippen LogP contribution >= 0.6 is 0 Å². The zero-order chi connectivity index (χ0) is 11.7. The first-order chi connectivity index (χ1) is 8.34. The van der Waals surface area contributed by atoms with Crippen LogP contribution in [-0.2, 0) is 4.79 Å². The number of likely N-dealkylation sites (tertiary alicyclic amines) is 1. The number of carbonyl (C=O) groups excluding carboxylic acids is 1. The summed E-state index contributed by atoms with van der Waals surface area (Å²) in [6.07, 6.45) is 4.94. The van der Waals surface area contributed by atoms with Gasteiger partial charge in [0.05, 0.1) is 5.92 Å². The maximum Gasteiger partial charge on any atom is 0.224 e. The average Bonchev–Trinajstić information content (AvgIpc) is 2.74. The fraction of sp³-hybridized carbons (Fsp3) is 0.923. The summed E-state index contributed by atoms with van der Waals surface area (Å²) in [6, 6.07) is 0.484. The summed E-state index contributed by atoms with van der Waals surface area (Å²) in [5, 5.41) is 6.52. The molecule has 3 atom stereocenters. The molecule has 3 aliphatic heterocycles. The topological polar surface area (TPSA) is 44.4 Å². The number of hydrogen-bond donors (Lipinski definition) is 2. The van der Waals surface area contributed by atoms with E-state index >= 15 is 0 Å². The number of carbonyl (C=O) groups is 1. The molecule has 0 aromatic heterocycles. The zero-order valence-corrected chi connectivity index (χ0v) is 10.5. The Bertz CT molecular complexity index is 288. The molecule has 0 bridgehead atoms. The minimum atomic E-state index is 0.278. The molecule has 3 heterocycles. The molecule has 3 aliphatic rings. The van der Waals surface area contributed by atoms with Crippen molar-refractivity contribution in [3.8, 4) is 0 Å². The van der Waals surface area contributed by atoms with Gasteiger partial charge in [-0.1, -0.05) is 0 Å². The quantitative estimate of drug-likeness (QED) is 0.721. The highest BCUT2D eigenvalue weighted by Crippen LogP contribution is 2.28. The van der Waals surface area contributed by atoms with E-state index in [0.29, 0.717) is 11.9 Å². The van der Waals surface area contributed by atoms with Crippen LogP contribution in [0.4, 0.5) is 0 Å². The van der Waals surface area contributed by atoms with E-state index in [-0.39, 0.29) is 5.92 Å². The van der Waals surface area contributed by atoms with E-state index in [1.807, 2.05) is 0 Å². The first-order valence-corrected chi connectivity index (χ1v) is 7.07. The second-order valence-electron chi connectivity index (χ2n) is 5.77. The molecule has 4 heteroatoms. The molecule has 17 heavy (non-hydrogen) atoms. The Balaban J connectivity index is 1.60. The molecule has 3 rings (SSSR count). The van der Waals surface area contributed by atoms with Gasteiger partial charge in [0.1, 0.15) is 0 Å². The summed E-state index contributed by atoms with van der Waals surface area (Å²) < 4.78 is 0. The molecular weight excluding hydrogens is 214 g/mol. The molecule has 3 saturated heterocycles. The van der Waals surface area contributed by atoms with Gasteiger partial charge in [-0.3, -0.25) is 9.69 Å². The van der Waals surface area contributed by atoms with E-state index < -0.39 is 0 Å². The predicted octanol–water partition coefficient (Wildman–Crippen LogP) is 0.196. The lowest BCUT2D eigenvalue weighted by Crippen LogP contribution is -2.49. The first kappa shape index (κ1) is 11.5. The molecule has 0 aromatic carbocycles. The Morgan fingerprint density at radius 3 is 3.00 bits per heavy atom. The highest BCUT2D eigenvalue weighted by atomic mass is 16.2. The minimum absolute atomic E-state index is 0.278. The van der Waals surface area contributed by atoms with Crippen LogP contribution in [0.1, 0.15) is 25.7 Å². The summed E-state index contributed by atoms with van der Waals surface area (Å²) in [4.78, 5) is 14.3. The minimum Gasteiger partial charge on any atom is -0.354 e. The van der Waals surface area contributed by atoms with Gasteiger partial charge in [0.15, 0.2) is 0 Å². The Hall–Kier alpha value is -0.610. The smallest absolute Gasteiger partial charge is 0.224 e. The maximum absolute atomic E-state index is 11.7. The predicted molar refractivity (Wildman–Crippen MR) is 66.7 cm³/mol. The Morgan fingerprint density at radius 2 is 2.18 bits per heavy atom. The van der Waals surface area contributed by atoms with Gasteiger partial charge in [-0.05, 0) is 51.2 Å². The van der Waals surface area contributed by atoms with Crippen LogP contribution in [0.2, 0.25) is 0 Å². The van der Waals surface area contributed by atoms with E-state index in [2.05, 4.69) is 15.5 Å². The van der Waals surface area contributed by atoms with Gasteiger partial charge >= 0.3 is 0 Å². The van der Waals surface area contributed by atoms with Gasteiger partial charge < -0.3 is 10.6 Å². The van der Waals surface area contributed by atoms with Crippen molar-refractivity contribution in [3.05, 3.63) is 0 Å². The largest absolute Gasteiger partial charge is 0.354 e. The molecule has 0 spiro atoms. The molecule has 0 aliphatic carbocycles. The van der Waals surface area contributed by atoms with Crippen LogP contribution in [0, 0.1) is 11.8 Å². The first-order valence-electron chi connectivity index (χ1n) is 7.07. The number of piperidine rings is 2. The zero-order valence-electron chi connectivity index (χ0n) is 10.5. The van der Waals surface area contributed by atoms with E-state index in [1.165, 1.54) is 38.9 Å². The second-order valence-corrected chi connectivity index (χ2v) is 5.77. The molecule has 0 saturated carbocycles. The lowest BCUT2D eigenvalue weighted by molar-refractivity contribution is -0.124. The highest BCUT2D eigenvalue weighted by Gasteiger charge is 2.41. The second kappa shape index (κ2) is 4.94. The molecule has 3 fully saturated rings. The number of hydrogen-bond acceptors (Lipinski definition) is 3. The number of amides is 1. The van der Waals surface area contributed by atoms with E-state index in [1.54, 1.807) is 0 Å². The van der Waals surface area contributed by atoms with Crippen molar-refractivity contribution >= 4 is 5.91 Å². The van der Waals surface area contributed by atoms with Crippen molar-refractivity contribution in [2.24, 2.45) is 11.8 Å². The van der Waals surface area contributed by atoms with Crippen molar-refractivity contribution in [3.63, 3.8) is 0 Å². The van der Waals surface area contributed by atoms with Gasteiger partial charge in [0.25, 0.3) is 0 Å². The van der Waals surface area contributed by atoms with E-state index in [9.17, 15) is 4.79 Å². The van der Waals surface area contributed by atoms with Gasteiger partial charge in [-0.15, -0.1) is 0 Å². The Labute approximate surface area is 103 Å². The average molecular weight is 237 g/mol. The highest BCUT2D eigenvalue weighted by molar-refractivity contribution is 5.82. The summed E-state index contributed by atoms with van der Waals surface area (Å²) in [5.41, 5.74) is 0. The molecule has 2 N–H and O–H groups in total. The monoisotopic (exact) mass is 237 g/mol. The van der Waals surface area contributed by atoms with Crippen LogP contribution in [0.5, 0.6) is 0 Å². The van der Waals surface area contributed by atoms with Gasteiger partial charge in [-0.25, -0.2) is 0 Å². The molecule has 0 aromatic rings. The number of nitrogens with zero attached hydrogens (tertiary/aromatic N) is 1. The third-order valence-corrected chi connectivity index (χ3v) is 4.61. The van der Waals surface area contributed by atoms with Crippen molar-refractivity contribution in [2.75, 3.05) is 32.7 Å². The SMILES string of the molecule is O=C1NCC2C1CCCN2CC1CCCNC1. The maximum atomic E-state index is 11.7. The van der Waals surface area contributed by atoms with Gasteiger partial charge in [-0.2, -0.15) is 0 Å². The normalized spacial score (nSPS) is 38.8. The summed E-state index contributed by atoms with van der Waals surface area (Å²) in [7, 11) is 0. The standard InChI is InChI=1S/C13H23N3O/c17-13-11-4-2-6-16(12(11)8-15-13)9-10-3-1-5-14-7-10/h10-12,14H,1-9H2,(H,15,17). The van der Waals surface area contributed by atoms with Crippen molar-refractivity contribution < 1.29 is 4.79 Å². The van der Waals surface area contributed by atoms with Crippen LogP contribution in [-0.4, -0.2) is 49.6 Å². The summed E-state index contributed by atoms with van der Waals surface area (Å²) >= 11 is 0. The van der Waals surface area contributed by atoms with Crippen LogP contribution in [0.15, 0.2) is 0 Å². The fourth-order valence-corrected chi connectivity index (χ4v) is 3.68. The van der Waals surface area contributed by atoms with Crippen LogP contribution in [0.25, 0.3) is 0 Å². The van der Waals surface area contributed by atoms with E-state index in [4.69, 9.17) is 0 Å². The Morgan fingerprint density at radius 1 is 1.24 bits per heavy atom. The summed E-state index contributed by atoms with van der Waals surface area (Å²) in [6.45, 7) is 5.59. The number of nitrogens with one attached hydrogen (secondary N) is 2. The van der Waals surface area contributed by atoms with Crippen LogP contribution < -0.4 is 10.6 Å². The third-order valence-electron chi connectivity index (χ3n) is 4.61. The van der Waals surface area contributed by atoms with Crippen molar-refractivity contribution in [2.45, 2.75) is 31.7 Å². The lowest BCUT2D eigenvalue weighted by atomic mass is 9.89. The Kier molecular flexibility index (Phi) is 3.34. The summed E-state index contributed by atoms with van der Waals surface area (Å²) in [5.74, 6) is 1.36. The molecule has 96 valence electrons. The number of fused-ring (bicyclic) bond motifs is 1. The molecular formula is C13H23N3O. The molecule has 1 amide bonds. The lowest BCUT2D eigenvalue weighted by Gasteiger charge is -2.38. The number of rotatable bonds is 2. The molecule has 3 unspecified atom stereocenters. The van der Waals surface area contributed by atoms with Crippen molar-refractivity contribution in [1.29, 1.82) is 0 Å². The fourth-order valence-electron chi connectivity index (χ4n) is 3.68. The van der Waals surface area contributed by atoms with Gasteiger partial charge in [0.2, 0.25) is 5.91 Å². The van der Waals surface area contributed by atoms with Crippen molar-refractivity contribution in [1.82, 2.24) is 15.5 Å². The third kappa shape index (κ3) is 2.33.